The molecule has 0 N–H and O–H groups in total. The average Bonchev–Trinajstić information content (AvgIpc) is 2.77. The molecule has 0 aromatic rings. The van der Waals surface area contributed by atoms with Crippen LogP contribution in [0.1, 0.15) is 32.6 Å². The minimum atomic E-state index is 0.131. The van der Waals surface area contributed by atoms with Crippen molar-refractivity contribution in [1.82, 2.24) is 10.0 Å². The molecule has 1 amide bonds. The van der Waals surface area contributed by atoms with Gasteiger partial charge < -0.3 is 4.74 Å². The first-order valence-corrected chi connectivity index (χ1v) is 6.53. The van der Waals surface area contributed by atoms with Crippen molar-refractivity contribution in [3.8, 4) is 0 Å². The van der Waals surface area contributed by atoms with Crippen LogP contribution in [0.3, 0.4) is 0 Å². The van der Waals surface area contributed by atoms with Crippen LogP contribution in [-0.2, 0) is 9.53 Å². The van der Waals surface area contributed by atoms with Crippen molar-refractivity contribution >= 4 is 5.91 Å². The SMILES string of the molecule is CC[C@H]1CC=CC(=O)N1N1CCC[C@H]1COC. The van der Waals surface area contributed by atoms with Crippen LogP contribution in [0.4, 0.5) is 0 Å². The number of carbonyl (C=O) groups is 1. The maximum atomic E-state index is 12.1. The van der Waals surface area contributed by atoms with Gasteiger partial charge in [0.1, 0.15) is 0 Å². The number of ether oxygens (including phenoxy) is 1. The fourth-order valence-corrected chi connectivity index (χ4v) is 2.82. The van der Waals surface area contributed by atoms with E-state index >= 15 is 0 Å². The zero-order valence-corrected chi connectivity index (χ0v) is 10.8. The molecule has 4 nitrogen and oxygen atoms in total. The molecule has 2 heterocycles. The fourth-order valence-electron chi connectivity index (χ4n) is 2.82. The molecule has 0 saturated carbocycles. The molecule has 1 saturated heterocycles. The molecule has 2 aliphatic heterocycles. The van der Waals surface area contributed by atoms with Crippen LogP contribution in [0, 0.1) is 0 Å². The van der Waals surface area contributed by atoms with E-state index in [9.17, 15) is 4.79 Å². The number of hydrazine groups is 1. The lowest BCUT2D eigenvalue weighted by atomic mass is 10.1. The van der Waals surface area contributed by atoms with E-state index in [2.05, 4.69) is 11.9 Å². The molecule has 17 heavy (non-hydrogen) atoms. The molecule has 2 atom stereocenters. The minimum absolute atomic E-state index is 0.131. The Labute approximate surface area is 103 Å². The van der Waals surface area contributed by atoms with Gasteiger partial charge in [-0.15, -0.1) is 0 Å². The topological polar surface area (TPSA) is 32.8 Å². The number of amides is 1. The van der Waals surface area contributed by atoms with Gasteiger partial charge in [0.15, 0.2) is 0 Å². The number of carbonyl (C=O) groups excluding carboxylic acids is 1. The van der Waals surface area contributed by atoms with Gasteiger partial charge in [-0.3, -0.25) is 9.80 Å². The van der Waals surface area contributed by atoms with E-state index in [0.717, 1.165) is 32.2 Å². The Morgan fingerprint density at radius 3 is 3.00 bits per heavy atom. The van der Waals surface area contributed by atoms with Crippen molar-refractivity contribution in [1.29, 1.82) is 0 Å². The van der Waals surface area contributed by atoms with E-state index in [4.69, 9.17) is 4.74 Å². The van der Waals surface area contributed by atoms with Gasteiger partial charge in [-0.2, -0.15) is 0 Å². The van der Waals surface area contributed by atoms with Crippen molar-refractivity contribution in [3.63, 3.8) is 0 Å². The summed E-state index contributed by atoms with van der Waals surface area (Å²) in [6.07, 6.45) is 7.95. The van der Waals surface area contributed by atoms with Crippen molar-refractivity contribution < 1.29 is 9.53 Å². The van der Waals surface area contributed by atoms with Gasteiger partial charge >= 0.3 is 0 Å². The summed E-state index contributed by atoms with van der Waals surface area (Å²) in [5, 5.41) is 4.19. The molecule has 0 radical (unpaired) electrons. The lowest BCUT2D eigenvalue weighted by Gasteiger charge is -2.41. The fraction of sp³-hybridized carbons (Fsp3) is 0.769. The van der Waals surface area contributed by atoms with Gasteiger partial charge in [-0.25, -0.2) is 5.01 Å². The molecule has 0 aromatic heterocycles. The van der Waals surface area contributed by atoms with E-state index in [0.29, 0.717) is 18.7 Å². The minimum Gasteiger partial charge on any atom is -0.383 e. The van der Waals surface area contributed by atoms with Crippen LogP contribution >= 0.6 is 0 Å². The normalized spacial score (nSPS) is 30.2. The highest BCUT2D eigenvalue weighted by molar-refractivity contribution is 5.88. The van der Waals surface area contributed by atoms with Crippen molar-refractivity contribution in [2.24, 2.45) is 0 Å². The van der Waals surface area contributed by atoms with E-state index in [-0.39, 0.29) is 5.91 Å². The molecular weight excluding hydrogens is 216 g/mol. The molecule has 1 fully saturated rings. The molecular formula is C13H22N2O2. The van der Waals surface area contributed by atoms with Crippen LogP contribution in [0.15, 0.2) is 12.2 Å². The Morgan fingerprint density at radius 1 is 1.47 bits per heavy atom. The lowest BCUT2D eigenvalue weighted by molar-refractivity contribution is -0.155. The Hall–Kier alpha value is -0.870. The second-order valence-electron chi connectivity index (χ2n) is 4.80. The molecule has 0 aliphatic carbocycles. The van der Waals surface area contributed by atoms with Crippen LogP contribution in [0.25, 0.3) is 0 Å². The molecule has 4 heteroatoms. The van der Waals surface area contributed by atoms with E-state index in [1.807, 2.05) is 11.1 Å². The van der Waals surface area contributed by atoms with Crippen molar-refractivity contribution in [2.75, 3.05) is 20.3 Å². The smallest absolute Gasteiger partial charge is 0.260 e. The molecule has 0 spiro atoms. The predicted molar refractivity (Wildman–Crippen MR) is 66.3 cm³/mol. The molecule has 0 unspecified atom stereocenters. The maximum absolute atomic E-state index is 12.1. The Balaban J connectivity index is 2.12. The second-order valence-corrected chi connectivity index (χ2v) is 4.80. The third-order valence-corrected chi connectivity index (χ3v) is 3.69. The molecule has 0 aromatic carbocycles. The Bertz CT molecular complexity index is 304. The van der Waals surface area contributed by atoms with Crippen LogP contribution < -0.4 is 0 Å². The van der Waals surface area contributed by atoms with Gasteiger partial charge in [0.05, 0.1) is 18.7 Å². The highest BCUT2D eigenvalue weighted by Gasteiger charge is 2.35. The van der Waals surface area contributed by atoms with Crippen LogP contribution in [-0.4, -0.2) is 48.3 Å². The van der Waals surface area contributed by atoms with Crippen molar-refractivity contribution in [3.05, 3.63) is 12.2 Å². The second kappa shape index (κ2) is 5.65. The summed E-state index contributed by atoms with van der Waals surface area (Å²) in [4.78, 5) is 12.1. The van der Waals surface area contributed by atoms with Gasteiger partial charge in [0.2, 0.25) is 0 Å². The predicted octanol–water partition coefficient (Wildman–Crippen LogP) is 1.58. The van der Waals surface area contributed by atoms with Gasteiger partial charge in [-0.1, -0.05) is 13.0 Å². The summed E-state index contributed by atoms with van der Waals surface area (Å²) in [5.74, 6) is 0.131. The molecule has 2 rings (SSSR count). The molecule has 0 bridgehead atoms. The standard InChI is InChI=1S/C13H22N2O2/c1-3-11-6-4-8-13(16)15(11)14-9-5-7-12(14)10-17-2/h4,8,11-12H,3,5-7,9-10H2,1-2H3/t11-,12-/m0/s1. The number of rotatable bonds is 4. The quantitative estimate of drug-likeness (QED) is 0.745. The monoisotopic (exact) mass is 238 g/mol. The van der Waals surface area contributed by atoms with Gasteiger partial charge in [0.25, 0.3) is 5.91 Å². The van der Waals surface area contributed by atoms with Gasteiger partial charge in [-0.05, 0) is 25.7 Å². The highest BCUT2D eigenvalue weighted by atomic mass is 16.5. The highest BCUT2D eigenvalue weighted by Crippen LogP contribution is 2.26. The molecule has 96 valence electrons. The summed E-state index contributed by atoms with van der Waals surface area (Å²) in [5.41, 5.74) is 0. The Kier molecular flexibility index (Phi) is 4.18. The maximum Gasteiger partial charge on any atom is 0.260 e. The largest absolute Gasteiger partial charge is 0.383 e. The Morgan fingerprint density at radius 2 is 2.29 bits per heavy atom. The molecule has 2 aliphatic rings. The third-order valence-electron chi connectivity index (χ3n) is 3.69. The zero-order valence-electron chi connectivity index (χ0n) is 10.8. The summed E-state index contributed by atoms with van der Waals surface area (Å²) >= 11 is 0. The first-order chi connectivity index (χ1) is 8.27. The van der Waals surface area contributed by atoms with E-state index in [1.54, 1.807) is 13.2 Å². The first-order valence-electron chi connectivity index (χ1n) is 6.53. The first kappa shape index (κ1) is 12.6. The number of nitrogens with zero attached hydrogens (tertiary/aromatic N) is 2. The number of hydrogen-bond donors (Lipinski definition) is 0. The van der Waals surface area contributed by atoms with E-state index in [1.165, 1.54) is 0 Å². The van der Waals surface area contributed by atoms with Crippen LogP contribution in [0.2, 0.25) is 0 Å². The number of methoxy groups -OCH3 is 1. The summed E-state index contributed by atoms with van der Waals surface area (Å²) in [6, 6.07) is 0.689. The zero-order chi connectivity index (χ0) is 12.3. The van der Waals surface area contributed by atoms with Crippen LogP contribution in [0.5, 0.6) is 0 Å². The summed E-state index contributed by atoms with van der Waals surface area (Å²) in [7, 11) is 1.73. The lowest BCUT2D eigenvalue weighted by Crippen LogP contribution is -2.55. The summed E-state index contributed by atoms with van der Waals surface area (Å²) < 4.78 is 5.25. The third kappa shape index (κ3) is 2.53. The van der Waals surface area contributed by atoms with Gasteiger partial charge in [0, 0.05) is 19.7 Å². The average molecular weight is 238 g/mol. The summed E-state index contributed by atoms with van der Waals surface area (Å²) in [6.45, 7) is 3.83. The van der Waals surface area contributed by atoms with Crippen molar-refractivity contribution in [2.45, 2.75) is 44.7 Å². The van der Waals surface area contributed by atoms with E-state index < -0.39 is 0 Å². The number of hydrogen-bond acceptors (Lipinski definition) is 3.